The summed E-state index contributed by atoms with van der Waals surface area (Å²) in [5.74, 6) is -0.327. The first-order valence-corrected chi connectivity index (χ1v) is 8.39. The number of nitrogens with zero attached hydrogens (tertiary/aromatic N) is 4. The summed E-state index contributed by atoms with van der Waals surface area (Å²) in [7, 11) is 1.58. The molecule has 1 saturated heterocycles. The molecule has 2 aromatic rings. The summed E-state index contributed by atoms with van der Waals surface area (Å²) >= 11 is 5.87. The van der Waals surface area contributed by atoms with Crippen LogP contribution >= 0.6 is 11.6 Å². The molecule has 0 saturated carbocycles. The van der Waals surface area contributed by atoms with Gasteiger partial charge in [-0.3, -0.25) is 9.59 Å². The van der Waals surface area contributed by atoms with Crippen LogP contribution in [0.25, 0.3) is 11.0 Å². The number of halogens is 1. The first-order valence-electron chi connectivity index (χ1n) is 8.01. The van der Waals surface area contributed by atoms with Crippen LogP contribution in [-0.2, 0) is 16.0 Å². The SMILES string of the molecule is CCn1cc(C(=O)N2CCO[C@@H](COC)C2)c(=O)c2cc(Cl)nnc21. The minimum Gasteiger partial charge on any atom is -0.382 e. The third kappa shape index (κ3) is 3.51. The molecule has 2 aromatic heterocycles. The van der Waals surface area contributed by atoms with Gasteiger partial charge in [0.1, 0.15) is 5.56 Å². The van der Waals surface area contributed by atoms with Crippen molar-refractivity contribution < 1.29 is 14.3 Å². The van der Waals surface area contributed by atoms with Crippen molar-refractivity contribution in [3.05, 3.63) is 33.2 Å². The van der Waals surface area contributed by atoms with E-state index in [-0.39, 0.29) is 28.1 Å². The summed E-state index contributed by atoms with van der Waals surface area (Å²) < 4.78 is 12.4. The molecule has 1 fully saturated rings. The number of carbonyl (C=O) groups excluding carboxylic acids is 1. The number of carbonyl (C=O) groups is 1. The number of pyridine rings is 1. The summed E-state index contributed by atoms with van der Waals surface area (Å²) in [6.07, 6.45) is 1.34. The monoisotopic (exact) mass is 366 g/mol. The molecule has 3 heterocycles. The number of amides is 1. The number of rotatable bonds is 4. The van der Waals surface area contributed by atoms with Gasteiger partial charge in [0, 0.05) is 32.9 Å². The quantitative estimate of drug-likeness (QED) is 0.800. The highest BCUT2D eigenvalue weighted by Crippen LogP contribution is 2.15. The largest absolute Gasteiger partial charge is 0.382 e. The molecule has 0 aliphatic carbocycles. The van der Waals surface area contributed by atoms with Crippen LogP contribution in [0.3, 0.4) is 0 Å². The highest BCUT2D eigenvalue weighted by molar-refractivity contribution is 6.29. The zero-order valence-electron chi connectivity index (χ0n) is 14.1. The van der Waals surface area contributed by atoms with E-state index >= 15 is 0 Å². The Hall–Kier alpha value is -2.03. The van der Waals surface area contributed by atoms with Crippen LogP contribution in [0.2, 0.25) is 5.15 Å². The molecule has 9 heteroatoms. The van der Waals surface area contributed by atoms with E-state index in [1.807, 2.05) is 6.92 Å². The van der Waals surface area contributed by atoms with Gasteiger partial charge in [-0.2, -0.15) is 0 Å². The molecule has 1 aliphatic heterocycles. The maximum Gasteiger partial charge on any atom is 0.259 e. The molecule has 0 unspecified atom stereocenters. The van der Waals surface area contributed by atoms with E-state index in [2.05, 4.69) is 10.2 Å². The highest BCUT2D eigenvalue weighted by atomic mass is 35.5. The van der Waals surface area contributed by atoms with E-state index in [0.29, 0.717) is 38.5 Å². The molecule has 25 heavy (non-hydrogen) atoms. The van der Waals surface area contributed by atoms with Gasteiger partial charge in [-0.1, -0.05) is 11.6 Å². The molecule has 1 atom stereocenters. The van der Waals surface area contributed by atoms with Crippen LogP contribution in [0.5, 0.6) is 0 Å². The van der Waals surface area contributed by atoms with Gasteiger partial charge >= 0.3 is 0 Å². The van der Waals surface area contributed by atoms with Crippen molar-refractivity contribution in [3.63, 3.8) is 0 Å². The van der Waals surface area contributed by atoms with Crippen LogP contribution in [-0.4, -0.2) is 65.1 Å². The lowest BCUT2D eigenvalue weighted by atomic mass is 10.1. The minimum atomic E-state index is -0.392. The average molecular weight is 367 g/mol. The third-order valence-electron chi connectivity index (χ3n) is 4.14. The molecule has 134 valence electrons. The maximum absolute atomic E-state index is 12.9. The summed E-state index contributed by atoms with van der Waals surface area (Å²) in [4.78, 5) is 27.3. The third-order valence-corrected chi connectivity index (χ3v) is 4.33. The molecule has 3 rings (SSSR count). The predicted octanol–water partition coefficient (Wildman–Crippen LogP) is 0.952. The molecule has 0 aromatic carbocycles. The molecule has 0 N–H and O–H groups in total. The van der Waals surface area contributed by atoms with Gasteiger partial charge in [0.15, 0.2) is 10.8 Å². The van der Waals surface area contributed by atoms with Crippen molar-refractivity contribution in [2.45, 2.75) is 19.6 Å². The van der Waals surface area contributed by atoms with Crippen molar-refractivity contribution in [1.29, 1.82) is 0 Å². The number of ether oxygens (including phenoxy) is 2. The molecule has 0 spiro atoms. The number of methoxy groups -OCH3 is 1. The van der Waals surface area contributed by atoms with E-state index in [1.54, 1.807) is 16.6 Å². The molecule has 0 bridgehead atoms. The summed E-state index contributed by atoms with van der Waals surface area (Å²) in [6.45, 7) is 4.06. The van der Waals surface area contributed by atoms with Gasteiger partial charge in [-0.15, -0.1) is 10.2 Å². The zero-order chi connectivity index (χ0) is 18.0. The van der Waals surface area contributed by atoms with Crippen molar-refractivity contribution in [1.82, 2.24) is 19.7 Å². The topological polar surface area (TPSA) is 86.5 Å². The van der Waals surface area contributed by atoms with Gasteiger partial charge in [0.2, 0.25) is 5.43 Å². The summed E-state index contributed by atoms with van der Waals surface area (Å²) in [5, 5.41) is 8.16. The van der Waals surface area contributed by atoms with Crippen LogP contribution in [0.1, 0.15) is 17.3 Å². The van der Waals surface area contributed by atoms with Crippen LogP contribution in [0.4, 0.5) is 0 Å². The fraction of sp³-hybridized carbons (Fsp3) is 0.500. The van der Waals surface area contributed by atoms with Crippen LogP contribution < -0.4 is 5.43 Å². The lowest BCUT2D eigenvalue weighted by Crippen LogP contribution is -2.48. The van der Waals surface area contributed by atoms with Crippen LogP contribution in [0, 0.1) is 0 Å². The van der Waals surface area contributed by atoms with E-state index in [1.165, 1.54) is 12.3 Å². The smallest absolute Gasteiger partial charge is 0.259 e. The number of fused-ring (bicyclic) bond motifs is 1. The predicted molar refractivity (Wildman–Crippen MR) is 92.0 cm³/mol. The van der Waals surface area contributed by atoms with Crippen molar-refractivity contribution in [2.24, 2.45) is 0 Å². The summed E-state index contributed by atoms with van der Waals surface area (Å²) in [5.41, 5.74) is 0.112. The Morgan fingerprint density at radius 3 is 3.00 bits per heavy atom. The molecule has 1 amide bonds. The summed E-state index contributed by atoms with van der Waals surface area (Å²) in [6, 6.07) is 1.45. The van der Waals surface area contributed by atoms with E-state index in [9.17, 15) is 9.59 Å². The number of hydrogen-bond acceptors (Lipinski definition) is 6. The Bertz CT molecular complexity index is 852. The fourth-order valence-electron chi connectivity index (χ4n) is 2.92. The molecular weight excluding hydrogens is 348 g/mol. The Balaban J connectivity index is 2.01. The number of aromatic nitrogens is 3. The first-order chi connectivity index (χ1) is 12.0. The Kier molecular flexibility index (Phi) is 5.31. The lowest BCUT2D eigenvalue weighted by molar-refractivity contribution is -0.0531. The van der Waals surface area contributed by atoms with Crippen LogP contribution in [0.15, 0.2) is 17.1 Å². The molecule has 0 radical (unpaired) electrons. The van der Waals surface area contributed by atoms with Gasteiger partial charge in [-0.25, -0.2) is 0 Å². The van der Waals surface area contributed by atoms with Gasteiger partial charge in [-0.05, 0) is 13.0 Å². The second kappa shape index (κ2) is 7.47. The van der Waals surface area contributed by atoms with Gasteiger partial charge in [0.25, 0.3) is 5.91 Å². The normalized spacial score (nSPS) is 17.9. The first kappa shape index (κ1) is 17.8. The van der Waals surface area contributed by atoms with Gasteiger partial charge < -0.3 is 18.9 Å². The zero-order valence-corrected chi connectivity index (χ0v) is 14.8. The maximum atomic E-state index is 12.9. The van der Waals surface area contributed by atoms with Gasteiger partial charge in [0.05, 0.1) is 24.7 Å². The standard InChI is InChI=1S/C16H19ClN4O4/c1-3-20-8-12(14(22)11-6-13(17)18-19-15(11)20)16(23)21-4-5-25-10(7-21)9-24-2/h6,8,10H,3-5,7,9H2,1-2H3/t10-/m1/s1. The lowest BCUT2D eigenvalue weighted by Gasteiger charge is -2.32. The van der Waals surface area contributed by atoms with E-state index in [0.717, 1.165) is 0 Å². The molecule has 8 nitrogen and oxygen atoms in total. The van der Waals surface area contributed by atoms with Crippen molar-refractivity contribution >= 4 is 28.5 Å². The second-order valence-electron chi connectivity index (χ2n) is 5.76. The average Bonchev–Trinajstić information content (AvgIpc) is 2.62. The van der Waals surface area contributed by atoms with E-state index in [4.69, 9.17) is 21.1 Å². The number of aryl methyl sites for hydroxylation is 1. The number of hydrogen-bond donors (Lipinski definition) is 0. The Labute approximate surface area is 149 Å². The number of morpholine rings is 1. The van der Waals surface area contributed by atoms with E-state index < -0.39 is 5.43 Å². The second-order valence-corrected chi connectivity index (χ2v) is 6.15. The fourth-order valence-corrected chi connectivity index (χ4v) is 3.06. The molecule has 1 aliphatic rings. The Morgan fingerprint density at radius 1 is 1.48 bits per heavy atom. The minimum absolute atomic E-state index is 0.0940. The van der Waals surface area contributed by atoms with Crippen molar-refractivity contribution in [3.8, 4) is 0 Å². The van der Waals surface area contributed by atoms with Crippen molar-refractivity contribution in [2.75, 3.05) is 33.4 Å². The Morgan fingerprint density at radius 2 is 2.28 bits per heavy atom. The highest BCUT2D eigenvalue weighted by Gasteiger charge is 2.27. The molecular formula is C16H19ClN4O4.